The number of carbonyl (C=O) groups is 2. The van der Waals surface area contributed by atoms with Gasteiger partial charge in [-0.05, 0) is 64.2 Å². The molecule has 1 aromatic carbocycles. The maximum atomic E-state index is 14.7. The molecule has 2 amide bonds. The van der Waals surface area contributed by atoms with E-state index in [0.29, 0.717) is 19.1 Å². The van der Waals surface area contributed by atoms with E-state index in [9.17, 15) is 14.0 Å². The molecule has 0 saturated carbocycles. The zero-order valence-electron chi connectivity index (χ0n) is 21.0. The van der Waals surface area contributed by atoms with Crippen molar-refractivity contribution >= 4 is 29.3 Å². The third-order valence-corrected chi connectivity index (χ3v) is 7.75. The fraction of sp³-hybridized carbons (Fsp3) is 0.500. The standard InChI is InChI=1S/C26H31ClFN5O4/c1-3-36-23-18(5-4-8-29-23)26(19-15-21(28)20(27)16-22(19)30-24(26)34)37-25(35)33-13-11-32(12-14-33)17-6-9-31(2)10-7-17/h4-5,8,15-17H,3,6-7,9-14H2,1-2H3,(H,30,34). The minimum absolute atomic E-state index is 0.128. The van der Waals surface area contributed by atoms with Gasteiger partial charge in [0, 0.05) is 44.0 Å². The van der Waals surface area contributed by atoms with Crippen molar-refractivity contribution in [3.8, 4) is 5.88 Å². The lowest BCUT2D eigenvalue weighted by molar-refractivity contribution is -0.131. The van der Waals surface area contributed by atoms with Crippen molar-refractivity contribution in [3.05, 3.63) is 52.4 Å². The van der Waals surface area contributed by atoms with Gasteiger partial charge >= 0.3 is 6.09 Å². The summed E-state index contributed by atoms with van der Waals surface area (Å²) >= 11 is 5.99. The molecule has 0 radical (unpaired) electrons. The number of piperidine rings is 1. The van der Waals surface area contributed by atoms with Crippen LogP contribution in [0.25, 0.3) is 0 Å². The van der Waals surface area contributed by atoms with Crippen molar-refractivity contribution in [1.29, 1.82) is 0 Å². The number of aromatic nitrogens is 1. The van der Waals surface area contributed by atoms with E-state index in [-0.39, 0.29) is 34.3 Å². The fourth-order valence-electron chi connectivity index (χ4n) is 5.43. The zero-order valence-corrected chi connectivity index (χ0v) is 21.8. The third-order valence-electron chi connectivity index (χ3n) is 7.46. The van der Waals surface area contributed by atoms with E-state index < -0.39 is 23.4 Å². The first-order valence-corrected chi connectivity index (χ1v) is 13.0. The van der Waals surface area contributed by atoms with Crippen LogP contribution >= 0.6 is 11.6 Å². The molecule has 3 aliphatic rings. The lowest BCUT2D eigenvalue weighted by Gasteiger charge is -2.42. The molecule has 11 heteroatoms. The number of pyridine rings is 1. The van der Waals surface area contributed by atoms with E-state index in [1.54, 1.807) is 24.0 Å². The molecule has 0 bridgehead atoms. The number of amides is 2. The van der Waals surface area contributed by atoms with Crippen LogP contribution < -0.4 is 10.1 Å². The van der Waals surface area contributed by atoms with Gasteiger partial charge in [-0.15, -0.1) is 0 Å². The second kappa shape index (κ2) is 10.4. The topological polar surface area (TPSA) is 87.2 Å². The number of hydrogen-bond donors (Lipinski definition) is 1. The molecule has 0 spiro atoms. The average molecular weight is 532 g/mol. The van der Waals surface area contributed by atoms with Crippen LogP contribution in [0.15, 0.2) is 30.5 Å². The number of hydrogen-bond acceptors (Lipinski definition) is 7. The van der Waals surface area contributed by atoms with E-state index in [4.69, 9.17) is 21.1 Å². The molecule has 1 atom stereocenters. The molecule has 198 valence electrons. The SMILES string of the molecule is CCOc1ncccc1C1(OC(=O)N2CCN(C3CCN(C)CC3)CC2)C(=O)Nc2cc(Cl)c(F)cc21. The average Bonchev–Trinajstić information content (AvgIpc) is 3.16. The number of benzene rings is 1. The Hall–Kier alpha value is -2.95. The number of rotatable bonds is 5. The summed E-state index contributed by atoms with van der Waals surface area (Å²) in [5.74, 6) is -1.24. The molecule has 1 aromatic heterocycles. The zero-order chi connectivity index (χ0) is 26.2. The van der Waals surface area contributed by atoms with Gasteiger partial charge in [-0.3, -0.25) is 9.69 Å². The van der Waals surface area contributed by atoms with Crippen molar-refractivity contribution in [2.45, 2.75) is 31.4 Å². The molecular weight excluding hydrogens is 501 g/mol. The summed E-state index contributed by atoms with van der Waals surface area (Å²) in [5.41, 5.74) is -1.36. The fourth-order valence-corrected chi connectivity index (χ4v) is 5.60. The van der Waals surface area contributed by atoms with Gasteiger partial charge in [-0.2, -0.15) is 0 Å². The number of piperazine rings is 1. The van der Waals surface area contributed by atoms with Gasteiger partial charge in [0.05, 0.1) is 22.9 Å². The Morgan fingerprint density at radius 3 is 2.62 bits per heavy atom. The summed E-state index contributed by atoms with van der Waals surface area (Å²) in [6, 6.07) is 6.17. The lowest BCUT2D eigenvalue weighted by atomic mass is 9.87. The number of fused-ring (bicyclic) bond motifs is 1. The Kier molecular flexibility index (Phi) is 7.24. The summed E-state index contributed by atoms with van der Waals surface area (Å²) < 4.78 is 26.4. The van der Waals surface area contributed by atoms with Gasteiger partial charge in [0.15, 0.2) is 0 Å². The summed E-state index contributed by atoms with van der Waals surface area (Å²) in [4.78, 5) is 37.7. The molecule has 37 heavy (non-hydrogen) atoms. The first kappa shape index (κ1) is 25.7. The molecule has 3 aliphatic heterocycles. The predicted molar refractivity (Wildman–Crippen MR) is 136 cm³/mol. The van der Waals surface area contributed by atoms with Crippen LogP contribution in [-0.4, -0.2) is 90.6 Å². The van der Waals surface area contributed by atoms with Gasteiger partial charge in [0.25, 0.3) is 5.91 Å². The maximum Gasteiger partial charge on any atom is 0.411 e. The van der Waals surface area contributed by atoms with Crippen LogP contribution in [-0.2, 0) is 15.1 Å². The Morgan fingerprint density at radius 2 is 1.92 bits per heavy atom. The number of likely N-dealkylation sites (tertiary alicyclic amines) is 1. The quantitative estimate of drug-likeness (QED) is 0.633. The minimum Gasteiger partial charge on any atom is -0.478 e. The molecule has 4 heterocycles. The third kappa shape index (κ3) is 4.73. The largest absolute Gasteiger partial charge is 0.478 e. The molecule has 5 rings (SSSR count). The highest BCUT2D eigenvalue weighted by Crippen LogP contribution is 2.48. The van der Waals surface area contributed by atoms with E-state index in [2.05, 4.69) is 27.1 Å². The van der Waals surface area contributed by atoms with Crippen LogP contribution in [0.5, 0.6) is 5.88 Å². The predicted octanol–water partition coefficient (Wildman–Crippen LogP) is 3.32. The summed E-state index contributed by atoms with van der Waals surface area (Å²) in [6.45, 7) is 6.57. The highest BCUT2D eigenvalue weighted by atomic mass is 35.5. The molecule has 9 nitrogen and oxygen atoms in total. The van der Waals surface area contributed by atoms with Gasteiger partial charge in [0.2, 0.25) is 11.5 Å². The van der Waals surface area contributed by atoms with Crippen LogP contribution in [0.2, 0.25) is 5.02 Å². The molecule has 2 aromatic rings. The minimum atomic E-state index is -1.98. The number of nitrogens with zero attached hydrogens (tertiary/aromatic N) is 4. The molecule has 0 aliphatic carbocycles. The van der Waals surface area contributed by atoms with Crippen molar-refractivity contribution in [2.75, 3.05) is 58.2 Å². The second-order valence-electron chi connectivity index (χ2n) is 9.66. The molecule has 2 saturated heterocycles. The molecular formula is C26H31ClFN5O4. The Morgan fingerprint density at radius 1 is 1.19 bits per heavy atom. The normalized spacial score (nSPS) is 23.0. The monoisotopic (exact) mass is 531 g/mol. The van der Waals surface area contributed by atoms with Crippen LogP contribution in [0, 0.1) is 5.82 Å². The van der Waals surface area contributed by atoms with Gasteiger partial charge in [0.1, 0.15) is 5.82 Å². The van der Waals surface area contributed by atoms with Crippen LogP contribution in [0.1, 0.15) is 30.9 Å². The molecule has 2 fully saturated rings. The maximum absolute atomic E-state index is 14.7. The van der Waals surface area contributed by atoms with E-state index in [1.807, 2.05) is 0 Å². The van der Waals surface area contributed by atoms with E-state index >= 15 is 0 Å². The highest BCUT2D eigenvalue weighted by molar-refractivity contribution is 6.31. The van der Waals surface area contributed by atoms with Crippen LogP contribution in [0.3, 0.4) is 0 Å². The summed E-state index contributed by atoms with van der Waals surface area (Å²) in [5, 5.41) is 2.55. The van der Waals surface area contributed by atoms with E-state index in [1.165, 1.54) is 12.3 Å². The Bertz CT molecular complexity index is 1180. The lowest BCUT2D eigenvalue weighted by Crippen LogP contribution is -2.55. The van der Waals surface area contributed by atoms with Gasteiger partial charge in [-0.25, -0.2) is 14.2 Å². The van der Waals surface area contributed by atoms with Crippen molar-refractivity contribution < 1.29 is 23.5 Å². The number of anilines is 1. The van der Waals surface area contributed by atoms with Gasteiger partial charge in [-0.1, -0.05) is 11.6 Å². The smallest absolute Gasteiger partial charge is 0.411 e. The molecule has 1 N–H and O–H groups in total. The van der Waals surface area contributed by atoms with E-state index in [0.717, 1.165) is 45.1 Å². The molecule has 1 unspecified atom stereocenters. The Balaban J connectivity index is 1.43. The number of ether oxygens (including phenoxy) is 2. The highest BCUT2D eigenvalue weighted by Gasteiger charge is 2.55. The number of halogens is 2. The van der Waals surface area contributed by atoms with Crippen molar-refractivity contribution in [3.63, 3.8) is 0 Å². The first-order chi connectivity index (χ1) is 17.8. The van der Waals surface area contributed by atoms with Gasteiger partial charge < -0.3 is 24.6 Å². The summed E-state index contributed by atoms with van der Waals surface area (Å²) in [7, 11) is 2.14. The number of carbonyl (C=O) groups excluding carboxylic acids is 2. The van der Waals surface area contributed by atoms with Crippen molar-refractivity contribution in [2.24, 2.45) is 0 Å². The van der Waals surface area contributed by atoms with Crippen LogP contribution in [0.4, 0.5) is 14.9 Å². The Labute approximate surface area is 220 Å². The first-order valence-electron chi connectivity index (χ1n) is 12.6. The van der Waals surface area contributed by atoms with Crippen molar-refractivity contribution in [1.82, 2.24) is 19.7 Å². The summed E-state index contributed by atoms with van der Waals surface area (Å²) in [6.07, 6.45) is 3.07. The number of nitrogens with one attached hydrogen (secondary N) is 1. The second-order valence-corrected chi connectivity index (χ2v) is 10.1.